The van der Waals surface area contributed by atoms with Crippen molar-refractivity contribution in [2.24, 2.45) is 0 Å². The van der Waals surface area contributed by atoms with E-state index in [-0.39, 0.29) is 0 Å². The molecule has 0 N–H and O–H groups in total. The van der Waals surface area contributed by atoms with E-state index in [9.17, 15) is 4.79 Å². The van der Waals surface area contributed by atoms with Crippen LogP contribution < -0.4 is 0 Å². The minimum atomic E-state index is 0.323. The predicted molar refractivity (Wildman–Crippen MR) is 71.6 cm³/mol. The summed E-state index contributed by atoms with van der Waals surface area (Å²) in [5, 5.41) is 0. The molecule has 0 aromatic heterocycles. The standard InChI is InChI=1S/C14H25N3O/c1-11(2)15-7-9-16(10-8-15)14(18)17-12-3-4-13(17)6-5-12/h11-13H,3-10H2,1-2H3. The average molecular weight is 251 g/mol. The Balaban J connectivity index is 1.58. The Bertz CT molecular complexity index is 303. The molecular formula is C14H25N3O. The quantitative estimate of drug-likeness (QED) is 0.710. The summed E-state index contributed by atoms with van der Waals surface area (Å²) in [5.41, 5.74) is 0. The van der Waals surface area contributed by atoms with Crippen LogP contribution in [0.3, 0.4) is 0 Å². The molecular weight excluding hydrogens is 226 g/mol. The first kappa shape index (κ1) is 12.3. The number of nitrogens with zero attached hydrogens (tertiary/aromatic N) is 3. The summed E-state index contributed by atoms with van der Waals surface area (Å²) in [4.78, 5) is 19.3. The van der Waals surface area contributed by atoms with E-state index in [1.807, 2.05) is 0 Å². The van der Waals surface area contributed by atoms with Crippen molar-refractivity contribution in [3.8, 4) is 0 Å². The maximum absolute atomic E-state index is 12.6. The third-order valence-electron chi connectivity index (χ3n) is 4.99. The molecule has 2 bridgehead atoms. The molecule has 0 spiro atoms. The topological polar surface area (TPSA) is 26.8 Å². The highest BCUT2D eigenvalue weighted by atomic mass is 16.2. The Labute approximate surface area is 110 Å². The lowest BCUT2D eigenvalue weighted by Crippen LogP contribution is -2.55. The van der Waals surface area contributed by atoms with Gasteiger partial charge in [-0.1, -0.05) is 0 Å². The van der Waals surface area contributed by atoms with Gasteiger partial charge in [-0.05, 0) is 39.5 Å². The van der Waals surface area contributed by atoms with Gasteiger partial charge in [-0.15, -0.1) is 0 Å². The van der Waals surface area contributed by atoms with Gasteiger partial charge in [0, 0.05) is 44.3 Å². The fourth-order valence-corrected chi connectivity index (χ4v) is 3.82. The van der Waals surface area contributed by atoms with E-state index in [1.165, 1.54) is 25.7 Å². The molecule has 0 atom stereocenters. The second-order valence-electron chi connectivity index (χ2n) is 6.27. The molecule has 3 heterocycles. The van der Waals surface area contributed by atoms with Crippen LogP contribution in [0.15, 0.2) is 0 Å². The lowest BCUT2D eigenvalue weighted by atomic mass is 10.0. The number of rotatable bonds is 1. The van der Waals surface area contributed by atoms with E-state index in [2.05, 4.69) is 28.5 Å². The lowest BCUT2D eigenvalue weighted by molar-refractivity contribution is 0.0957. The number of fused-ring (bicyclic) bond motifs is 2. The zero-order valence-corrected chi connectivity index (χ0v) is 11.6. The highest BCUT2D eigenvalue weighted by Crippen LogP contribution is 2.38. The molecule has 0 radical (unpaired) electrons. The van der Waals surface area contributed by atoms with Gasteiger partial charge in [-0.25, -0.2) is 4.79 Å². The summed E-state index contributed by atoms with van der Waals surface area (Å²) < 4.78 is 0. The third-order valence-corrected chi connectivity index (χ3v) is 4.99. The van der Waals surface area contributed by atoms with Gasteiger partial charge < -0.3 is 9.80 Å². The van der Waals surface area contributed by atoms with E-state index in [1.54, 1.807) is 0 Å². The van der Waals surface area contributed by atoms with Crippen molar-refractivity contribution >= 4 is 6.03 Å². The Morgan fingerprint density at radius 3 is 1.89 bits per heavy atom. The summed E-state index contributed by atoms with van der Waals surface area (Å²) in [6.45, 7) is 8.36. The van der Waals surface area contributed by atoms with Gasteiger partial charge in [-0.2, -0.15) is 0 Å². The Hall–Kier alpha value is -0.770. The van der Waals surface area contributed by atoms with Crippen molar-refractivity contribution in [3.63, 3.8) is 0 Å². The highest BCUT2D eigenvalue weighted by Gasteiger charge is 2.43. The van der Waals surface area contributed by atoms with E-state index in [4.69, 9.17) is 0 Å². The summed E-state index contributed by atoms with van der Waals surface area (Å²) in [7, 11) is 0. The maximum Gasteiger partial charge on any atom is 0.320 e. The van der Waals surface area contributed by atoms with Gasteiger partial charge in [0.15, 0.2) is 0 Å². The first-order chi connectivity index (χ1) is 8.66. The summed E-state index contributed by atoms with van der Waals surface area (Å²) in [6, 6.07) is 2.05. The second-order valence-corrected chi connectivity index (χ2v) is 6.27. The van der Waals surface area contributed by atoms with Crippen LogP contribution in [-0.2, 0) is 0 Å². The fourth-order valence-electron chi connectivity index (χ4n) is 3.82. The first-order valence-electron chi connectivity index (χ1n) is 7.48. The second kappa shape index (κ2) is 4.72. The molecule has 102 valence electrons. The minimum Gasteiger partial charge on any atom is -0.322 e. The number of hydrogen-bond donors (Lipinski definition) is 0. The van der Waals surface area contributed by atoms with Crippen molar-refractivity contribution in [1.29, 1.82) is 0 Å². The van der Waals surface area contributed by atoms with Crippen LogP contribution in [0, 0.1) is 0 Å². The Morgan fingerprint density at radius 2 is 1.44 bits per heavy atom. The van der Waals surface area contributed by atoms with Gasteiger partial charge in [0.2, 0.25) is 0 Å². The van der Waals surface area contributed by atoms with Gasteiger partial charge in [-0.3, -0.25) is 4.90 Å². The monoisotopic (exact) mass is 251 g/mol. The highest BCUT2D eigenvalue weighted by molar-refractivity contribution is 5.76. The van der Waals surface area contributed by atoms with Crippen molar-refractivity contribution in [3.05, 3.63) is 0 Å². The molecule has 0 aliphatic carbocycles. The van der Waals surface area contributed by atoms with Crippen LogP contribution in [0.4, 0.5) is 4.79 Å². The number of carbonyl (C=O) groups excluding carboxylic acids is 1. The molecule has 3 saturated heterocycles. The molecule has 0 aromatic rings. The van der Waals surface area contributed by atoms with Crippen molar-refractivity contribution in [2.75, 3.05) is 26.2 Å². The number of carbonyl (C=O) groups is 1. The van der Waals surface area contributed by atoms with Gasteiger partial charge in [0.1, 0.15) is 0 Å². The first-order valence-corrected chi connectivity index (χ1v) is 7.48. The molecule has 0 unspecified atom stereocenters. The van der Waals surface area contributed by atoms with E-state index in [0.29, 0.717) is 24.2 Å². The van der Waals surface area contributed by atoms with Gasteiger partial charge >= 0.3 is 6.03 Å². The minimum absolute atomic E-state index is 0.323. The molecule has 3 rings (SSSR count). The molecule has 2 amide bonds. The number of urea groups is 1. The third kappa shape index (κ3) is 2.00. The summed E-state index contributed by atoms with van der Waals surface area (Å²) in [5.74, 6) is 0. The van der Waals surface area contributed by atoms with Crippen LogP contribution in [0.5, 0.6) is 0 Å². The summed E-state index contributed by atoms with van der Waals surface area (Å²) >= 11 is 0. The average Bonchev–Trinajstić information content (AvgIpc) is 2.98. The number of amides is 2. The van der Waals surface area contributed by atoms with Gasteiger partial charge in [0.25, 0.3) is 0 Å². The Kier molecular flexibility index (Phi) is 3.22. The molecule has 0 saturated carbocycles. The predicted octanol–water partition coefficient (Wildman–Crippen LogP) is 1.76. The van der Waals surface area contributed by atoms with Crippen molar-refractivity contribution in [1.82, 2.24) is 14.7 Å². The molecule has 3 aliphatic heterocycles. The van der Waals surface area contributed by atoms with Crippen LogP contribution >= 0.6 is 0 Å². The zero-order valence-electron chi connectivity index (χ0n) is 11.6. The molecule has 4 nitrogen and oxygen atoms in total. The number of hydrogen-bond acceptors (Lipinski definition) is 2. The zero-order chi connectivity index (χ0) is 12.7. The number of piperazine rings is 1. The molecule has 4 heteroatoms. The maximum atomic E-state index is 12.6. The Morgan fingerprint density at radius 1 is 0.944 bits per heavy atom. The van der Waals surface area contributed by atoms with Crippen LogP contribution in [0.2, 0.25) is 0 Å². The van der Waals surface area contributed by atoms with Crippen LogP contribution in [-0.4, -0.2) is 65.0 Å². The van der Waals surface area contributed by atoms with Crippen molar-refractivity contribution in [2.45, 2.75) is 57.7 Å². The molecule has 0 aromatic carbocycles. The molecule has 3 fully saturated rings. The normalized spacial score (nSPS) is 32.6. The largest absolute Gasteiger partial charge is 0.322 e. The van der Waals surface area contributed by atoms with Crippen molar-refractivity contribution < 1.29 is 4.79 Å². The van der Waals surface area contributed by atoms with Gasteiger partial charge in [0.05, 0.1) is 0 Å². The SMILES string of the molecule is CC(C)N1CCN(C(=O)N2C3CCC2CC3)CC1. The van der Waals surface area contributed by atoms with E-state index < -0.39 is 0 Å². The fraction of sp³-hybridized carbons (Fsp3) is 0.929. The molecule has 18 heavy (non-hydrogen) atoms. The smallest absolute Gasteiger partial charge is 0.320 e. The van der Waals surface area contributed by atoms with E-state index >= 15 is 0 Å². The van der Waals surface area contributed by atoms with E-state index in [0.717, 1.165) is 26.2 Å². The summed E-state index contributed by atoms with van der Waals surface area (Å²) in [6.07, 6.45) is 4.95. The lowest BCUT2D eigenvalue weighted by Gasteiger charge is -2.39. The van der Waals surface area contributed by atoms with Crippen LogP contribution in [0.1, 0.15) is 39.5 Å². The van der Waals surface area contributed by atoms with Crippen LogP contribution in [0.25, 0.3) is 0 Å². The molecule has 3 aliphatic rings.